The van der Waals surface area contributed by atoms with Gasteiger partial charge >= 0.3 is 6.09 Å². The highest BCUT2D eigenvalue weighted by Crippen LogP contribution is 2.41. The van der Waals surface area contributed by atoms with Crippen LogP contribution < -0.4 is 0 Å². The molecule has 0 bridgehead atoms. The number of imidazole rings is 1. The van der Waals surface area contributed by atoms with Gasteiger partial charge in [0.2, 0.25) is 0 Å². The van der Waals surface area contributed by atoms with Crippen LogP contribution in [0.4, 0.5) is 4.79 Å². The Morgan fingerprint density at radius 3 is 2.91 bits per heavy atom. The Labute approximate surface area is 202 Å². The van der Waals surface area contributed by atoms with Crippen LogP contribution in [0.2, 0.25) is 0 Å². The second-order valence-electron chi connectivity index (χ2n) is 9.63. The molecule has 0 radical (unpaired) electrons. The molecule has 3 heterocycles. The topological polar surface area (TPSA) is 97.2 Å². The van der Waals surface area contributed by atoms with Crippen LogP contribution in [0.5, 0.6) is 0 Å². The number of carbonyl (C=O) groups excluding carboxylic acids is 1. The number of nitriles is 1. The van der Waals surface area contributed by atoms with Crippen LogP contribution in [0, 0.1) is 17.2 Å². The van der Waals surface area contributed by atoms with Gasteiger partial charge in [-0.25, -0.2) is 9.78 Å². The zero-order chi connectivity index (χ0) is 23.8. The van der Waals surface area contributed by atoms with Crippen LogP contribution in [0.3, 0.4) is 0 Å². The highest BCUT2D eigenvalue weighted by molar-refractivity contribution is 5.77. The quantitative estimate of drug-likeness (QED) is 0.403. The number of aromatic nitrogens is 3. The van der Waals surface area contributed by atoms with Crippen LogP contribution in [-0.4, -0.2) is 37.8 Å². The number of nitrogens with zero attached hydrogens (tertiary/aromatic N) is 5. The van der Waals surface area contributed by atoms with Gasteiger partial charge in [-0.3, -0.25) is 4.90 Å². The highest BCUT2D eigenvalue weighted by Gasteiger charge is 2.48. The fourth-order valence-corrected chi connectivity index (χ4v) is 5.52. The molecule has 1 amide bonds. The summed E-state index contributed by atoms with van der Waals surface area (Å²) in [6, 6.07) is 19.5. The van der Waals surface area contributed by atoms with E-state index in [0.29, 0.717) is 30.3 Å². The minimum absolute atomic E-state index is 0.296. The summed E-state index contributed by atoms with van der Waals surface area (Å²) >= 11 is 0. The van der Waals surface area contributed by atoms with E-state index in [2.05, 4.69) is 20.8 Å². The average Bonchev–Trinajstić information content (AvgIpc) is 3.58. The van der Waals surface area contributed by atoms with E-state index < -0.39 is 5.60 Å². The Morgan fingerprint density at radius 2 is 2.06 bits per heavy atom. The summed E-state index contributed by atoms with van der Waals surface area (Å²) in [4.78, 5) is 19.0. The Balaban J connectivity index is 1.14. The largest absolute Gasteiger partial charge is 0.441 e. The lowest BCUT2D eigenvalue weighted by atomic mass is 9.78. The van der Waals surface area contributed by atoms with Gasteiger partial charge in [0.25, 0.3) is 0 Å². The molecular weight excluding hydrogens is 442 g/mol. The van der Waals surface area contributed by atoms with Crippen LogP contribution in [0.25, 0.3) is 22.3 Å². The maximum Gasteiger partial charge on any atom is 0.410 e. The first-order valence-electron chi connectivity index (χ1n) is 11.9. The molecule has 176 valence electrons. The number of carbonyl (C=O) groups is 1. The van der Waals surface area contributed by atoms with Gasteiger partial charge in [-0.2, -0.15) is 5.26 Å². The summed E-state index contributed by atoms with van der Waals surface area (Å²) < 4.78 is 13.6. The maximum absolute atomic E-state index is 12.8. The molecule has 2 atom stereocenters. The summed E-state index contributed by atoms with van der Waals surface area (Å²) in [7, 11) is 0. The second kappa shape index (κ2) is 8.58. The smallest absolute Gasteiger partial charge is 0.410 e. The molecule has 1 saturated carbocycles. The Bertz CT molecular complexity index is 1420. The van der Waals surface area contributed by atoms with Gasteiger partial charge in [0.1, 0.15) is 11.3 Å². The van der Waals surface area contributed by atoms with Gasteiger partial charge in [-0.05, 0) is 49.8 Å². The molecule has 6 rings (SSSR count). The van der Waals surface area contributed by atoms with Crippen molar-refractivity contribution in [2.24, 2.45) is 5.92 Å². The van der Waals surface area contributed by atoms with Crippen LogP contribution in [-0.2, 0) is 17.8 Å². The summed E-state index contributed by atoms with van der Waals surface area (Å²) in [5.74, 6) is 0.998. The number of amides is 1. The van der Waals surface area contributed by atoms with E-state index in [1.807, 2.05) is 54.9 Å². The lowest BCUT2D eigenvalue weighted by molar-refractivity contribution is 0.00414. The predicted octanol–water partition coefficient (Wildman–Crippen LogP) is 5.14. The van der Waals surface area contributed by atoms with E-state index >= 15 is 0 Å². The number of benzene rings is 2. The maximum atomic E-state index is 12.8. The normalized spacial score (nSPS) is 22.0. The van der Waals surface area contributed by atoms with E-state index in [0.717, 1.165) is 54.5 Å². The van der Waals surface area contributed by atoms with E-state index in [4.69, 9.17) is 9.26 Å². The van der Waals surface area contributed by atoms with Crippen molar-refractivity contribution < 1.29 is 14.1 Å². The van der Waals surface area contributed by atoms with Gasteiger partial charge in [-0.15, -0.1) is 0 Å². The summed E-state index contributed by atoms with van der Waals surface area (Å²) in [5, 5.41) is 13.4. The molecule has 8 heteroatoms. The molecular formula is C27H25N5O3. The molecule has 35 heavy (non-hydrogen) atoms. The predicted molar refractivity (Wildman–Crippen MR) is 128 cm³/mol. The van der Waals surface area contributed by atoms with Crippen molar-refractivity contribution in [1.82, 2.24) is 19.6 Å². The zero-order valence-corrected chi connectivity index (χ0v) is 19.3. The van der Waals surface area contributed by atoms with Crippen LogP contribution >= 0.6 is 0 Å². The van der Waals surface area contributed by atoms with Gasteiger partial charge in [0, 0.05) is 18.2 Å². The molecule has 2 aliphatic rings. The van der Waals surface area contributed by atoms with Gasteiger partial charge < -0.3 is 13.8 Å². The molecule has 2 fully saturated rings. The monoisotopic (exact) mass is 467 g/mol. The third kappa shape index (κ3) is 4.14. The number of ether oxygens (including phenoxy) is 1. The molecule has 2 aromatic carbocycles. The molecule has 1 saturated heterocycles. The Morgan fingerprint density at radius 1 is 1.17 bits per heavy atom. The minimum Gasteiger partial charge on any atom is -0.441 e. The molecule has 0 N–H and O–H groups in total. The third-order valence-corrected chi connectivity index (χ3v) is 7.13. The highest BCUT2D eigenvalue weighted by atomic mass is 16.6. The number of rotatable bonds is 5. The molecule has 4 aromatic rings. The third-order valence-electron chi connectivity index (χ3n) is 7.13. The van der Waals surface area contributed by atoms with E-state index in [9.17, 15) is 10.1 Å². The molecule has 1 unspecified atom stereocenters. The SMILES string of the molecule is N#Cc1ccc2ncn(CC3CCC[C@]4(C3)CN(Cc3cc(-c5ccccc5)no3)C(=O)O4)c2c1. The lowest BCUT2D eigenvalue weighted by Gasteiger charge is -2.36. The van der Waals surface area contributed by atoms with Gasteiger partial charge in [0.15, 0.2) is 5.76 Å². The summed E-state index contributed by atoms with van der Waals surface area (Å²) in [6.45, 7) is 1.67. The van der Waals surface area contributed by atoms with Crippen molar-refractivity contribution in [3.8, 4) is 17.3 Å². The average molecular weight is 468 g/mol. The molecule has 1 spiro atoms. The van der Waals surface area contributed by atoms with Gasteiger partial charge in [-0.1, -0.05) is 35.5 Å². The van der Waals surface area contributed by atoms with E-state index in [1.165, 1.54) is 0 Å². The summed E-state index contributed by atoms with van der Waals surface area (Å²) in [5.41, 5.74) is 3.74. The first-order valence-corrected chi connectivity index (χ1v) is 11.9. The molecule has 1 aliphatic heterocycles. The fraction of sp³-hybridized carbons (Fsp3) is 0.333. The number of fused-ring (bicyclic) bond motifs is 1. The van der Waals surface area contributed by atoms with Crippen LogP contribution in [0.1, 0.15) is 37.0 Å². The van der Waals surface area contributed by atoms with E-state index in [-0.39, 0.29) is 6.09 Å². The summed E-state index contributed by atoms with van der Waals surface area (Å²) in [6.07, 6.45) is 5.28. The minimum atomic E-state index is -0.476. The van der Waals surface area contributed by atoms with Gasteiger partial charge in [0.05, 0.1) is 42.1 Å². The standard InChI is InChI=1S/C27H25N5O3/c28-14-19-8-9-23-25(11-19)32(18-29-23)15-20-5-4-10-27(13-20)17-31(26(33)34-27)16-22-12-24(30-35-22)21-6-2-1-3-7-21/h1-3,6-9,11-12,18,20H,4-5,10,13,15-17H2/t20?,27-/m0/s1. The number of hydrogen-bond acceptors (Lipinski definition) is 6. The van der Waals surface area contributed by atoms with Crippen molar-refractivity contribution in [1.29, 1.82) is 5.26 Å². The Kier molecular flexibility index (Phi) is 5.25. The van der Waals surface area contributed by atoms with Crippen molar-refractivity contribution in [2.75, 3.05) is 6.54 Å². The molecule has 8 nitrogen and oxygen atoms in total. The molecule has 1 aliphatic carbocycles. The Hall–Kier alpha value is -4.12. The second-order valence-corrected chi connectivity index (χ2v) is 9.63. The lowest BCUT2D eigenvalue weighted by Crippen LogP contribution is -2.40. The first-order chi connectivity index (χ1) is 17.1. The van der Waals surface area contributed by atoms with Crippen molar-refractivity contribution in [2.45, 2.75) is 44.4 Å². The van der Waals surface area contributed by atoms with Crippen molar-refractivity contribution in [3.63, 3.8) is 0 Å². The number of hydrogen-bond donors (Lipinski definition) is 0. The first kappa shape index (κ1) is 21.4. The fourth-order valence-electron chi connectivity index (χ4n) is 5.52. The van der Waals surface area contributed by atoms with E-state index in [1.54, 1.807) is 11.0 Å². The van der Waals surface area contributed by atoms with Crippen molar-refractivity contribution >= 4 is 17.1 Å². The zero-order valence-electron chi connectivity index (χ0n) is 19.3. The van der Waals surface area contributed by atoms with Crippen LogP contribution in [0.15, 0.2) is 65.4 Å². The van der Waals surface area contributed by atoms with Crippen molar-refractivity contribution in [3.05, 3.63) is 72.2 Å². The molecule has 2 aromatic heterocycles.